The molecule has 1 fully saturated rings. The molecule has 1 rings (SSSR count). The maximum absolute atomic E-state index is 5.69. The third-order valence-electron chi connectivity index (χ3n) is 2.03. The summed E-state index contributed by atoms with van der Waals surface area (Å²) in [6.07, 6.45) is 3.39. The summed E-state index contributed by atoms with van der Waals surface area (Å²) in [6, 6.07) is 0. The van der Waals surface area contributed by atoms with Gasteiger partial charge in [0.1, 0.15) is 0 Å². The lowest BCUT2D eigenvalue weighted by Gasteiger charge is -2.16. The molecule has 1 saturated heterocycles. The summed E-state index contributed by atoms with van der Waals surface area (Å²) in [5.41, 5.74) is 0. The normalized spacial score (nSPS) is 25.5. The molecular weight excluding hydrogens is 134 g/mol. The fourth-order valence-corrected chi connectivity index (χ4v) is 1.33. The van der Waals surface area contributed by atoms with Gasteiger partial charge < -0.3 is 9.62 Å². The van der Waals surface area contributed by atoms with E-state index in [2.05, 4.69) is 0 Å². The second-order valence-electron chi connectivity index (χ2n) is 3.13. The van der Waals surface area contributed by atoms with Crippen LogP contribution in [0.1, 0.15) is 19.3 Å². The molecule has 0 N–H and O–H groups in total. The molecule has 1 aliphatic rings. The van der Waals surface area contributed by atoms with Gasteiger partial charge in [-0.15, -0.1) is 0 Å². The van der Waals surface area contributed by atoms with Gasteiger partial charge in [-0.3, -0.25) is 0 Å². The van der Waals surface area contributed by atoms with Crippen molar-refractivity contribution in [2.75, 3.05) is 26.2 Å². The number of rotatable bonds is 0. The first-order valence-corrected chi connectivity index (χ1v) is 4.28. The molecule has 0 aliphatic carbocycles. The Bertz CT molecular complexity index is 98.6. The number of hydrogen-bond donors (Lipinski definition) is 0. The van der Waals surface area contributed by atoms with Crippen molar-refractivity contribution in [3.05, 3.63) is 0 Å². The van der Waals surface area contributed by atoms with Crippen LogP contribution in [0, 0.1) is 0 Å². The van der Waals surface area contributed by atoms with E-state index in [1.54, 1.807) is 0 Å². The van der Waals surface area contributed by atoms with Crippen LogP contribution in [0.4, 0.5) is 0 Å². The van der Waals surface area contributed by atoms with E-state index in [1.807, 2.05) is 9.62 Å². The molecule has 0 amide bonds. The van der Waals surface area contributed by atoms with E-state index in [-0.39, 0.29) is 0 Å². The van der Waals surface area contributed by atoms with Crippen LogP contribution in [0.3, 0.4) is 0 Å². The first-order chi connectivity index (χ1) is 5.29. The number of hydrogen-bond acceptors (Lipinski definition) is 2. The smallest absolute Gasteiger partial charge is 0.182 e. The van der Waals surface area contributed by atoms with Crippen molar-refractivity contribution in [2.24, 2.45) is 0 Å². The van der Waals surface area contributed by atoms with Crippen LogP contribution < -0.4 is 0 Å². The fraction of sp³-hybridized carbons (Fsp3) is 1.00. The molecule has 1 aliphatic heterocycles. The fourth-order valence-electron chi connectivity index (χ4n) is 1.33. The zero-order valence-corrected chi connectivity index (χ0v) is 7.00. The zero-order valence-electron chi connectivity index (χ0n) is 7.00. The van der Waals surface area contributed by atoms with Gasteiger partial charge in [-0.25, -0.2) is 0 Å². The van der Waals surface area contributed by atoms with Crippen LogP contribution in [-0.4, -0.2) is 51.8 Å². The molecule has 0 atom stereocenters. The zero-order chi connectivity index (χ0) is 8.10. The van der Waals surface area contributed by atoms with Crippen molar-refractivity contribution in [2.45, 2.75) is 19.3 Å². The first-order valence-electron chi connectivity index (χ1n) is 4.28. The summed E-state index contributed by atoms with van der Waals surface area (Å²) in [5.74, 6) is 0. The molecule has 0 aromatic rings. The maximum Gasteiger partial charge on any atom is 0.182 e. The molecule has 58 valence electrons. The van der Waals surface area contributed by atoms with E-state index >= 15 is 0 Å². The van der Waals surface area contributed by atoms with E-state index in [0.29, 0.717) is 0 Å². The van der Waals surface area contributed by atoms with Crippen LogP contribution >= 0.6 is 0 Å². The second kappa shape index (κ2) is 4.83. The summed E-state index contributed by atoms with van der Waals surface area (Å²) in [5, 5.41) is 0. The molecular formula is C7H14B2N2. The van der Waals surface area contributed by atoms with Gasteiger partial charge in [0.15, 0.2) is 16.0 Å². The van der Waals surface area contributed by atoms with Crippen LogP contribution in [0.5, 0.6) is 0 Å². The summed E-state index contributed by atoms with van der Waals surface area (Å²) < 4.78 is 0. The molecule has 0 spiro atoms. The summed E-state index contributed by atoms with van der Waals surface area (Å²) >= 11 is 0. The standard InChI is InChI=1S/C7H14B2N2/c8-10-4-1-2-5-11(9)7-3-6-10/h1-7H2. The average molecular weight is 148 g/mol. The highest BCUT2D eigenvalue weighted by Gasteiger charge is 2.04. The van der Waals surface area contributed by atoms with E-state index in [0.717, 1.165) is 45.4 Å². The Morgan fingerprint density at radius 1 is 0.636 bits per heavy atom. The first kappa shape index (κ1) is 9.14. The largest absolute Gasteiger partial charge is 0.353 e. The molecule has 1 heterocycles. The van der Waals surface area contributed by atoms with Crippen LogP contribution in [-0.2, 0) is 0 Å². The van der Waals surface area contributed by atoms with E-state index in [4.69, 9.17) is 16.0 Å². The Morgan fingerprint density at radius 2 is 1.00 bits per heavy atom. The molecule has 4 heteroatoms. The predicted octanol–water partition coefficient (Wildman–Crippen LogP) is -0.0587. The molecule has 0 aromatic carbocycles. The highest BCUT2D eigenvalue weighted by molar-refractivity contribution is 6.04. The lowest BCUT2D eigenvalue weighted by Crippen LogP contribution is -2.25. The minimum Gasteiger partial charge on any atom is -0.353 e. The van der Waals surface area contributed by atoms with Crippen LogP contribution in [0.2, 0.25) is 0 Å². The van der Waals surface area contributed by atoms with Gasteiger partial charge in [-0.05, 0) is 45.4 Å². The van der Waals surface area contributed by atoms with Gasteiger partial charge in [0.2, 0.25) is 0 Å². The Labute approximate surface area is 71.8 Å². The molecule has 0 saturated carbocycles. The minimum atomic E-state index is 0.966. The van der Waals surface area contributed by atoms with Crippen molar-refractivity contribution in [3.8, 4) is 0 Å². The topological polar surface area (TPSA) is 6.48 Å². The second-order valence-corrected chi connectivity index (χ2v) is 3.13. The lowest BCUT2D eigenvalue weighted by molar-refractivity contribution is 0.423. The van der Waals surface area contributed by atoms with Crippen molar-refractivity contribution >= 4 is 16.0 Å². The third kappa shape index (κ3) is 3.82. The highest BCUT2D eigenvalue weighted by atomic mass is 15.1. The Hall–Kier alpha value is 0.0499. The monoisotopic (exact) mass is 148 g/mol. The Kier molecular flexibility index (Phi) is 4.02. The molecule has 0 bridgehead atoms. The van der Waals surface area contributed by atoms with Gasteiger partial charge in [0, 0.05) is 0 Å². The Morgan fingerprint density at radius 3 is 1.45 bits per heavy atom. The summed E-state index contributed by atoms with van der Waals surface area (Å²) in [4.78, 5) is 3.78. The quantitative estimate of drug-likeness (QED) is 0.444. The minimum absolute atomic E-state index is 0.966. The van der Waals surface area contributed by atoms with Crippen molar-refractivity contribution < 1.29 is 0 Å². The predicted molar refractivity (Wildman–Crippen MR) is 48.5 cm³/mol. The van der Waals surface area contributed by atoms with Crippen LogP contribution in [0.15, 0.2) is 0 Å². The van der Waals surface area contributed by atoms with Crippen molar-refractivity contribution in [1.29, 1.82) is 0 Å². The van der Waals surface area contributed by atoms with Gasteiger partial charge >= 0.3 is 0 Å². The SMILES string of the molecule is [B]N1CCCCN([B])CCC1. The van der Waals surface area contributed by atoms with Crippen LogP contribution in [0.25, 0.3) is 0 Å². The van der Waals surface area contributed by atoms with Gasteiger partial charge in [-0.1, -0.05) is 0 Å². The maximum atomic E-state index is 5.69. The third-order valence-corrected chi connectivity index (χ3v) is 2.03. The van der Waals surface area contributed by atoms with Gasteiger partial charge in [-0.2, -0.15) is 0 Å². The van der Waals surface area contributed by atoms with E-state index in [9.17, 15) is 0 Å². The van der Waals surface area contributed by atoms with Crippen molar-refractivity contribution in [3.63, 3.8) is 0 Å². The highest BCUT2D eigenvalue weighted by Crippen LogP contribution is 2.00. The average Bonchev–Trinajstić information content (AvgIpc) is 2.04. The molecule has 2 nitrogen and oxygen atoms in total. The molecule has 4 radical (unpaired) electrons. The molecule has 0 unspecified atom stereocenters. The summed E-state index contributed by atoms with van der Waals surface area (Å²) in [7, 11) is 11.4. The van der Waals surface area contributed by atoms with Gasteiger partial charge in [0.05, 0.1) is 0 Å². The van der Waals surface area contributed by atoms with Gasteiger partial charge in [0.25, 0.3) is 0 Å². The lowest BCUT2D eigenvalue weighted by atomic mass is 10.2. The number of nitrogens with zero attached hydrogens (tertiary/aromatic N) is 2. The van der Waals surface area contributed by atoms with Crippen molar-refractivity contribution in [1.82, 2.24) is 9.62 Å². The summed E-state index contributed by atoms with van der Waals surface area (Å²) in [6.45, 7) is 3.95. The Balaban J connectivity index is 2.24. The van der Waals surface area contributed by atoms with E-state index in [1.165, 1.54) is 0 Å². The van der Waals surface area contributed by atoms with E-state index < -0.39 is 0 Å². The molecule has 0 aromatic heterocycles. The molecule has 11 heavy (non-hydrogen) atoms.